The Hall–Kier alpha value is -1.32. The average molecular weight is 218 g/mol. The van der Waals surface area contributed by atoms with Crippen LogP contribution in [0.1, 0.15) is 24.7 Å². The van der Waals surface area contributed by atoms with Crippen molar-refractivity contribution < 1.29 is 14.3 Å². The second-order valence-electron chi connectivity index (χ2n) is 4.18. The molecule has 0 radical (unpaired) electrons. The Morgan fingerprint density at radius 1 is 1.31 bits per heavy atom. The molecule has 2 atom stereocenters. The molecule has 1 N–H and O–H groups in total. The van der Waals surface area contributed by atoms with Crippen molar-refractivity contribution in [3.63, 3.8) is 0 Å². The molecule has 0 aliphatic carbocycles. The highest BCUT2D eigenvalue weighted by atomic mass is 16.5. The molecule has 1 saturated heterocycles. The van der Waals surface area contributed by atoms with Gasteiger partial charge in [-0.15, -0.1) is 0 Å². The average Bonchev–Trinajstić information content (AvgIpc) is 2.97. The zero-order chi connectivity index (χ0) is 11.0. The van der Waals surface area contributed by atoms with Crippen LogP contribution in [0.4, 0.5) is 0 Å². The summed E-state index contributed by atoms with van der Waals surface area (Å²) >= 11 is 0. The van der Waals surface area contributed by atoms with Gasteiger partial charge in [0.2, 0.25) is 0 Å². The van der Waals surface area contributed by atoms with Crippen molar-refractivity contribution in [2.45, 2.75) is 25.0 Å². The Bertz CT molecular complexity index is 450. The molecule has 0 saturated carbocycles. The molecular formula is C13H14O3. The van der Waals surface area contributed by atoms with E-state index in [4.69, 9.17) is 9.15 Å². The van der Waals surface area contributed by atoms with E-state index in [1.165, 1.54) is 0 Å². The molecule has 0 amide bonds. The van der Waals surface area contributed by atoms with Gasteiger partial charge in [0.05, 0.1) is 6.10 Å². The number of hydrogen-bond acceptors (Lipinski definition) is 3. The minimum atomic E-state index is -0.644. The minimum absolute atomic E-state index is 0.111. The first-order valence-electron chi connectivity index (χ1n) is 5.63. The van der Waals surface area contributed by atoms with Gasteiger partial charge in [-0.05, 0) is 25.0 Å². The van der Waals surface area contributed by atoms with Crippen LogP contribution >= 0.6 is 0 Å². The summed E-state index contributed by atoms with van der Waals surface area (Å²) in [5, 5.41) is 11.1. The van der Waals surface area contributed by atoms with Crippen LogP contribution in [0.15, 0.2) is 34.7 Å². The van der Waals surface area contributed by atoms with Crippen LogP contribution in [0.5, 0.6) is 0 Å². The van der Waals surface area contributed by atoms with E-state index in [2.05, 4.69) is 0 Å². The molecule has 3 heteroatoms. The molecule has 3 nitrogen and oxygen atoms in total. The van der Waals surface area contributed by atoms with Crippen LogP contribution in [0.25, 0.3) is 11.0 Å². The SMILES string of the molecule is OC(c1cc2ccccc2o1)C1CCCO1. The van der Waals surface area contributed by atoms with Crippen molar-refractivity contribution in [2.75, 3.05) is 6.61 Å². The van der Waals surface area contributed by atoms with E-state index >= 15 is 0 Å². The third-order valence-corrected chi connectivity index (χ3v) is 3.05. The van der Waals surface area contributed by atoms with Crippen molar-refractivity contribution in [3.8, 4) is 0 Å². The van der Waals surface area contributed by atoms with Crippen molar-refractivity contribution in [1.82, 2.24) is 0 Å². The lowest BCUT2D eigenvalue weighted by Crippen LogP contribution is -2.16. The summed E-state index contributed by atoms with van der Waals surface area (Å²) in [6, 6.07) is 9.65. The number of hydrogen-bond donors (Lipinski definition) is 1. The Morgan fingerprint density at radius 2 is 2.19 bits per heavy atom. The van der Waals surface area contributed by atoms with Gasteiger partial charge >= 0.3 is 0 Å². The summed E-state index contributed by atoms with van der Waals surface area (Å²) < 4.78 is 11.1. The van der Waals surface area contributed by atoms with Gasteiger partial charge < -0.3 is 14.3 Å². The topological polar surface area (TPSA) is 42.6 Å². The zero-order valence-corrected chi connectivity index (χ0v) is 8.93. The van der Waals surface area contributed by atoms with Crippen molar-refractivity contribution in [1.29, 1.82) is 0 Å². The minimum Gasteiger partial charge on any atom is -0.458 e. The van der Waals surface area contributed by atoms with E-state index in [1.807, 2.05) is 30.3 Å². The summed E-state index contributed by atoms with van der Waals surface area (Å²) in [6.07, 6.45) is 1.16. The first-order chi connectivity index (χ1) is 7.84. The highest BCUT2D eigenvalue weighted by Gasteiger charge is 2.27. The normalized spacial score (nSPS) is 22.7. The van der Waals surface area contributed by atoms with Gasteiger partial charge in [0.15, 0.2) is 0 Å². The fourth-order valence-electron chi connectivity index (χ4n) is 2.18. The molecule has 2 heterocycles. The molecule has 2 unspecified atom stereocenters. The van der Waals surface area contributed by atoms with Crippen LogP contribution in [0.2, 0.25) is 0 Å². The van der Waals surface area contributed by atoms with Crippen molar-refractivity contribution in [2.24, 2.45) is 0 Å². The van der Waals surface area contributed by atoms with Crippen LogP contribution in [-0.2, 0) is 4.74 Å². The highest BCUT2D eigenvalue weighted by Crippen LogP contribution is 2.30. The molecular weight excluding hydrogens is 204 g/mol. The lowest BCUT2D eigenvalue weighted by molar-refractivity contribution is -0.0124. The maximum Gasteiger partial charge on any atom is 0.138 e. The van der Waals surface area contributed by atoms with Gasteiger partial charge in [-0.25, -0.2) is 0 Å². The van der Waals surface area contributed by atoms with Gasteiger partial charge in [0.25, 0.3) is 0 Å². The lowest BCUT2D eigenvalue weighted by Gasteiger charge is -2.14. The first kappa shape index (κ1) is 9.87. The standard InChI is InChI=1S/C13H14O3/c14-13(11-6-3-7-15-11)12-8-9-4-1-2-5-10(9)16-12/h1-2,4-5,8,11,13-14H,3,6-7H2. The van der Waals surface area contributed by atoms with Crippen LogP contribution < -0.4 is 0 Å². The second kappa shape index (κ2) is 3.92. The van der Waals surface area contributed by atoms with Gasteiger partial charge in [-0.3, -0.25) is 0 Å². The maximum atomic E-state index is 10.1. The van der Waals surface area contributed by atoms with E-state index in [1.54, 1.807) is 0 Å². The molecule has 1 aromatic heterocycles. The number of fused-ring (bicyclic) bond motifs is 1. The largest absolute Gasteiger partial charge is 0.458 e. The summed E-state index contributed by atoms with van der Waals surface area (Å²) in [5.41, 5.74) is 0.814. The van der Waals surface area contributed by atoms with Gasteiger partial charge in [-0.2, -0.15) is 0 Å². The van der Waals surface area contributed by atoms with Gasteiger partial charge in [0.1, 0.15) is 17.4 Å². The number of ether oxygens (including phenoxy) is 1. The lowest BCUT2D eigenvalue weighted by atomic mass is 10.1. The molecule has 1 aliphatic rings. The fourth-order valence-corrected chi connectivity index (χ4v) is 2.18. The third-order valence-electron chi connectivity index (χ3n) is 3.05. The Morgan fingerprint density at radius 3 is 2.94 bits per heavy atom. The van der Waals surface area contributed by atoms with E-state index < -0.39 is 6.10 Å². The predicted octanol–water partition coefficient (Wildman–Crippen LogP) is 2.65. The molecule has 0 bridgehead atoms. The monoisotopic (exact) mass is 218 g/mol. The Balaban J connectivity index is 1.92. The molecule has 1 aliphatic heterocycles. The molecule has 16 heavy (non-hydrogen) atoms. The molecule has 2 aromatic rings. The molecule has 1 fully saturated rings. The van der Waals surface area contributed by atoms with Gasteiger partial charge in [-0.1, -0.05) is 18.2 Å². The summed E-state index contributed by atoms with van der Waals surface area (Å²) in [5.74, 6) is 0.605. The van der Waals surface area contributed by atoms with E-state index in [0.717, 1.165) is 30.4 Å². The number of rotatable bonds is 2. The van der Waals surface area contributed by atoms with E-state index in [0.29, 0.717) is 5.76 Å². The third kappa shape index (κ3) is 1.62. The Kier molecular flexibility index (Phi) is 2.42. The number of aliphatic hydroxyl groups is 1. The number of furan rings is 1. The smallest absolute Gasteiger partial charge is 0.138 e. The number of aliphatic hydroxyl groups excluding tert-OH is 1. The molecule has 1 aromatic carbocycles. The van der Waals surface area contributed by atoms with Gasteiger partial charge in [0, 0.05) is 12.0 Å². The van der Waals surface area contributed by atoms with Crippen molar-refractivity contribution >= 4 is 11.0 Å². The molecule has 84 valence electrons. The summed E-state index contributed by atoms with van der Waals surface area (Å²) in [7, 11) is 0. The molecule has 0 spiro atoms. The fraction of sp³-hybridized carbons (Fsp3) is 0.385. The zero-order valence-electron chi connectivity index (χ0n) is 8.93. The van der Waals surface area contributed by atoms with E-state index in [-0.39, 0.29) is 6.10 Å². The van der Waals surface area contributed by atoms with Crippen LogP contribution in [0.3, 0.4) is 0 Å². The van der Waals surface area contributed by atoms with Crippen LogP contribution in [0, 0.1) is 0 Å². The van der Waals surface area contributed by atoms with E-state index in [9.17, 15) is 5.11 Å². The Labute approximate surface area is 93.6 Å². The number of para-hydroxylation sites is 1. The summed E-state index contributed by atoms with van der Waals surface area (Å²) in [4.78, 5) is 0. The quantitative estimate of drug-likeness (QED) is 0.842. The predicted molar refractivity (Wildman–Crippen MR) is 60.1 cm³/mol. The highest BCUT2D eigenvalue weighted by molar-refractivity contribution is 5.77. The second-order valence-corrected chi connectivity index (χ2v) is 4.18. The van der Waals surface area contributed by atoms with Crippen molar-refractivity contribution in [3.05, 3.63) is 36.1 Å². The summed E-state index contributed by atoms with van der Waals surface area (Å²) in [6.45, 7) is 0.738. The first-order valence-corrected chi connectivity index (χ1v) is 5.63. The maximum absolute atomic E-state index is 10.1. The number of benzene rings is 1. The molecule has 3 rings (SSSR count). The van der Waals surface area contributed by atoms with Crippen LogP contribution in [-0.4, -0.2) is 17.8 Å².